The molecule has 0 saturated carbocycles. The van der Waals surface area contributed by atoms with Crippen LogP contribution in [0.3, 0.4) is 0 Å². The number of carbonyl (C=O) groups is 3. The molecule has 150 valence electrons. The van der Waals surface area contributed by atoms with Crippen LogP contribution in [0.5, 0.6) is 5.75 Å². The highest BCUT2D eigenvalue weighted by molar-refractivity contribution is 6.21. The fourth-order valence-electron chi connectivity index (χ4n) is 3.92. The van der Waals surface area contributed by atoms with Crippen molar-refractivity contribution in [1.82, 2.24) is 9.80 Å². The molecule has 2 aromatic carbocycles. The van der Waals surface area contributed by atoms with E-state index in [1.807, 2.05) is 12.1 Å². The second-order valence-corrected chi connectivity index (χ2v) is 7.33. The van der Waals surface area contributed by atoms with Crippen molar-refractivity contribution in [2.75, 3.05) is 32.1 Å². The number of likely N-dealkylation sites (tertiary alicyclic amines) is 1. The summed E-state index contributed by atoms with van der Waals surface area (Å²) in [4.78, 5) is 40.8. The zero-order valence-corrected chi connectivity index (χ0v) is 16.3. The number of imide groups is 1. The van der Waals surface area contributed by atoms with Crippen LogP contribution >= 0.6 is 0 Å². The van der Waals surface area contributed by atoms with E-state index < -0.39 is 0 Å². The van der Waals surface area contributed by atoms with Gasteiger partial charge in [-0.3, -0.25) is 14.5 Å². The number of rotatable bonds is 4. The van der Waals surface area contributed by atoms with E-state index in [2.05, 4.69) is 5.32 Å². The van der Waals surface area contributed by atoms with Crippen LogP contribution in [0.2, 0.25) is 0 Å². The van der Waals surface area contributed by atoms with Crippen LogP contribution in [0, 0.1) is 5.92 Å². The van der Waals surface area contributed by atoms with Gasteiger partial charge in [-0.25, -0.2) is 4.79 Å². The summed E-state index contributed by atoms with van der Waals surface area (Å²) in [6.45, 7) is 1.55. The van der Waals surface area contributed by atoms with Crippen LogP contribution in [0.25, 0.3) is 0 Å². The first-order valence-corrected chi connectivity index (χ1v) is 9.72. The van der Waals surface area contributed by atoms with E-state index in [-0.39, 0.29) is 23.8 Å². The van der Waals surface area contributed by atoms with Crippen LogP contribution in [-0.2, 0) is 0 Å². The Bertz CT molecular complexity index is 916. The molecule has 7 heteroatoms. The Labute approximate surface area is 169 Å². The Morgan fingerprint density at radius 2 is 1.59 bits per heavy atom. The van der Waals surface area contributed by atoms with Gasteiger partial charge >= 0.3 is 6.03 Å². The number of urea groups is 1. The molecule has 7 nitrogen and oxygen atoms in total. The third-order valence-electron chi connectivity index (χ3n) is 5.57. The fourth-order valence-corrected chi connectivity index (χ4v) is 3.92. The molecule has 4 amide bonds. The van der Waals surface area contributed by atoms with Gasteiger partial charge in [0, 0.05) is 19.6 Å². The number of ether oxygens (including phenoxy) is 1. The van der Waals surface area contributed by atoms with Gasteiger partial charge in [-0.1, -0.05) is 24.3 Å². The topological polar surface area (TPSA) is 79.0 Å². The van der Waals surface area contributed by atoms with E-state index in [1.54, 1.807) is 48.4 Å². The number of amides is 4. The maximum atomic E-state index is 12.6. The highest BCUT2D eigenvalue weighted by atomic mass is 16.5. The van der Waals surface area contributed by atoms with E-state index >= 15 is 0 Å². The second-order valence-electron chi connectivity index (χ2n) is 7.33. The number of piperidine rings is 1. The van der Waals surface area contributed by atoms with E-state index in [0.717, 1.165) is 12.8 Å². The lowest BCUT2D eigenvalue weighted by molar-refractivity contribution is 0.0605. The molecular weight excluding hydrogens is 370 g/mol. The van der Waals surface area contributed by atoms with Gasteiger partial charge in [-0.05, 0) is 43.0 Å². The first-order chi connectivity index (χ1) is 14.1. The Morgan fingerprint density at radius 1 is 1.00 bits per heavy atom. The van der Waals surface area contributed by atoms with E-state index in [9.17, 15) is 14.4 Å². The van der Waals surface area contributed by atoms with Crippen molar-refractivity contribution in [1.29, 1.82) is 0 Å². The Morgan fingerprint density at radius 3 is 2.21 bits per heavy atom. The second kappa shape index (κ2) is 7.95. The summed E-state index contributed by atoms with van der Waals surface area (Å²) in [5.41, 5.74) is 1.59. The Hall–Kier alpha value is -3.35. The van der Waals surface area contributed by atoms with Gasteiger partial charge < -0.3 is 15.0 Å². The van der Waals surface area contributed by atoms with E-state index in [4.69, 9.17) is 4.74 Å². The van der Waals surface area contributed by atoms with E-state index in [1.165, 1.54) is 4.90 Å². The van der Waals surface area contributed by atoms with Crippen LogP contribution in [-0.4, -0.2) is 54.4 Å². The molecule has 0 atom stereocenters. The lowest BCUT2D eigenvalue weighted by atomic mass is 9.96. The van der Waals surface area contributed by atoms with Crippen molar-refractivity contribution in [3.63, 3.8) is 0 Å². The van der Waals surface area contributed by atoms with Crippen LogP contribution in [0.1, 0.15) is 33.6 Å². The van der Waals surface area contributed by atoms with Gasteiger partial charge in [0.15, 0.2) is 0 Å². The summed E-state index contributed by atoms with van der Waals surface area (Å²) >= 11 is 0. The molecule has 0 unspecified atom stereocenters. The molecule has 2 aliphatic rings. The number of nitrogens with one attached hydrogen (secondary N) is 1. The number of nitrogens with zero attached hydrogens (tertiary/aromatic N) is 2. The summed E-state index contributed by atoms with van der Waals surface area (Å²) in [6.07, 6.45) is 1.49. The summed E-state index contributed by atoms with van der Waals surface area (Å²) in [6, 6.07) is 14.0. The summed E-state index contributed by atoms with van der Waals surface area (Å²) in [7, 11) is 1.57. The molecule has 2 aromatic rings. The zero-order chi connectivity index (χ0) is 20.4. The molecule has 29 heavy (non-hydrogen) atoms. The predicted molar refractivity (Wildman–Crippen MR) is 108 cm³/mol. The normalized spacial score (nSPS) is 16.7. The molecule has 2 heterocycles. The number of hydrogen-bond donors (Lipinski definition) is 1. The highest BCUT2D eigenvalue weighted by Gasteiger charge is 2.37. The number of anilines is 1. The van der Waals surface area contributed by atoms with Gasteiger partial charge in [-0.2, -0.15) is 0 Å². The highest BCUT2D eigenvalue weighted by Crippen LogP contribution is 2.27. The smallest absolute Gasteiger partial charge is 0.321 e. The predicted octanol–water partition coefficient (Wildman–Crippen LogP) is 3.24. The Kier molecular flexibility index (Phi) is 5.20. The van der Waals surface area contributed by atoms with Gasteiger partial charge in [-0.15, -0.1) is 0 Å². The van der Waals surface area contributed by atoms with Crippen molar-refractivity contribution in [3.05, 3.63) is 59.7 Å². The average molecular weight is 393 g/mol. The lowest BCUT2D eigenvalue weighted by Gasteiger charge is -2.33. The van der Waals surface area contributed by atoms with Gasteiger partial charge in [0.05, 0.1) is 23.9 Å². The summed E-state index contributed by atoms with van der Waals surface area (Å²) < 4.78 is 5.27. The SMILES string of the molecule is COc1ccccc1NC(=O)N1CCC(CN2C(=O)c3ccccc3C2=O)CC1. The van der Waals surface area contributed by atoms with Crippen molar-refractivity contribution in [3.8, 4) is 5.75 Å². The number of benzene rings is 2. The molecular formula is C22H23N3O4. The van der Waals surface area contributed by atoms with Crippen LogP contribution in [0.4, 0.5) is 10.5 Å². The molecule has 0 aromatic heterocycles. The maximum absolute atomic E-state index is 12.6. The number of fused-ring (bicyclic) bond motifs is 1. The molecule has 0 spiro atoms. The average Bonchev–Trinajstić information content (AvgIpc) is 3.00. The minimum absolute atomic E-state index is 0.173. The quantitative estimate of drug-likeness (QED) is 0.809. The molecule has 1 N–H and O–H groups in total. The molecule has 0 bridgehead atoms. The fraction of sp³-hybridized carbons (Fsp3) is 0.318. The first kappa shape index (κ1) is 19.0. The minimum atomic E-state index is -0.220. The Balaban J connectivity index is 1.33. The largest absolute Gasteiger partial charge is 0.495 e. The van der Waals surface area contributed by atoms with Crippen LogP contribution < -0.4 is 10.1 Å². The standard InChI is InChI=1S/C22H23N3O4/c1-29-19-9-5-4-8-18(19)23-22(28)24-12-10-15(11-13-24)14-25-20(26)16-6-2-3-7-17(16)21(25)27/h2-9,15H,10-14H2,1H3,(H,23,28). The molecule has 2 aliphatic heterocycles. The zero-order valence-electron chi connectivity index (χ0n) is 16.3. The van der Waals surface area contributed by atoms with Gasteiger partial charge in [0.1, 0.15) is 5.75 Å². The first-order valence-electron chi connectivity index (χ1n) is 9.72. The number of para-hydroxylation sites is 2. The van der Waals surface area contributed by atoms with Crippen molar-refractivity contribution in [2.45, 2.75) is 12.8 Å². The number of hydrogen-bond acceptors (Lipinski definition) is 4. The minimum Gasteiger partial charge on any atom is -0.495 e. The van der Waals surface area contributed by atoms with Crippen molar-refractivity contribution >= 4 is 23.5 Å². The number of carbonyl (C=O) groups excluding carboxylic acids is 3. The molecule has 0 aliphatic carbocycles. The number of methoxy groups -OCH3 is 1. The van der Waals surface area contributed by atoms with Crippen molar-refractivity contribution in [2.24, 2.45) is 5.92 Å². The van der Waals surface area contributed by atoms with Gasteiger partial charge in [0.2, 0.25) is 0 Å². The summed E-state index contributed by atoms with van der Waals surface area (Å²) in [5, 5.41) is 2.89. The van der Waals surface area contributed by atoms with Gasteiger partial charge in [0.25, 0.3) is 11.8 Å². The third kappa shape index (κ3) is 3.68. The third-order valence-corrected chi connectivity index (χ3v) is 5.57. The molecule has 4 rings (SSSR count). The molecule has 0 radical (unpaired) electrons. The summed E-state index contributed by atoms with van der Waals surface area (Å²) in [5.74, 6) is 0.359. The van der Waals surface area contributed by atoms with Crippen LogP contribution in [0.15, 0.2) is 48.5 Å². The monoisotopic (exact) mass is 393 g/mol. The molecule has 1 saturated heterocycles. The maximum Gasteiger partial charge on any atom is 0.321 e. The van der Waals surface area contributed by atoms with E-state index in [0.29, 0.717) is 42.2 Å². The van der Waals surface area contributed by atoms with Crippen molar-refractivity contribution < 1.29 is 19.1 Å². The molecule has 1 fully saturated rings. The lowest BCUT2D eigenvalue weighted by Crippen LogP contribution is -2.44.